The number of hydrogen-bond donors (Lipinski definition) is 1. The van der Waals surface area contributed by atoms with Gasteiger partial charge in [0.15, 0.2) is 0 Å². The van der Waals surface area contributed by atoms with E-state index in [1.54, 1.807) is 29.5 Å². The zero-order chi connectivity index (χ0) is 14.3. The maximum absolute atomic E-state index is 11.4. The molecule has 0 aliphatic carbocycles. The molecule has 3 rings (SSSR count). The van der Waals surface area contributed by atoms with Crippen molar-refractivity contribution < 1.29 is 9.90 Å². The first-order valence-corrected chi connectivity index (χ1v) is 7.69. The van der Waals surface area contributed by atoms with E-state index in [4.69, 9.17) is 11.6 Å². The quantitative estimate of drug-likeness (QED) is 0.903. The molecule has 0 saturated carbocycles. The van der Waals surface area contributed by atoms with Crippen LogP contribution in [0.3, 0.4) is 0 Å². The number of halogens is 1. The van der Waals surface area contributed by atoms with Crippen molar-refractivity contribution in [2.24, 2.45) is 0 Å². The van der Waals surface area contributed by atoms with Gasteiger partial charge in [-0.3, -0.25) is 0 Å². The summed E-state index contributed by atoms with van der Waals surface area (Å²) in [7, 11) is 0. The van der Waals surface area contributed by atoms with Gasteiger partial charge in [-0.1, -0.05) is 11.6 Å². The van der Waals surface area contributed by atoms with Crippen LogP contribution in [0, 0.1) is 0 Å². The summed E-state index contributed by atoms with van der Waals surface area (Å²) in [4.78, 5) is 14.9. The predicted octanol–water partition coefficient (Wildman–Crippen LogP) is 4.22. The average molecular weight is 308 g/mol. The van der Waals surface area contributed by atoms with Gasteiger partial charge >= 0.3 is 5.97 Å². The molecule has 1 aromatic carbocycles. The topological polar surface area (TPSA) is 40.5 Å². The van der Waals surface area contributed by atoms with E-state index in [1.165, 1.54) is 10.4 Å². The minimum atomic E-state index is -0.917. The van der Waals surface area contributed by atoms with E-state index in [9.17, 15) is 9.90 Å². The van der Waals surface area contributed by atoms with E-state index in [2.05, 4.69) is 23.3 Å². The third kappa shape index (κ3) is 2.19. The summed E-state index contributed by atoms with van der Waals surface area (Å²) in [6.45, 7) is 2.92. The van der Waals surface area contributed by atoms with Crippen molar-refractivity contribution in [3.8, 4) is 0 Å². The Morgan fingerprint density at radius 3 is 3.00 bits per heavy atom. The Hall–Kier alpha value is -1.52. The van der Waals surface area contributed by atoms with Crippen LogP contribution in [0.5, 0.6) is 0 Å². The number of thiophene rings is 1. The van der Waals surface area contributed by atoms with Crippen LogP contribution in [0.4, 0.5) is 5.69 Å². The van der Waals surface area contributed by atoms with Gasteiger partial charge in [0, 0.05) is 16.4 Å². The first-order chi connectivity index (χ1) is 9.58. The summed E-state index contributed by atoms with van der Waals surface area (Å²) in [5, 5.41) is 12.0. The van der Waals surface area contributed by atoms with Crippen LogP contribution in [0.1, 0.15) is 33.8 Å². The fourth-order valence-electron chi connectivity index (χ4n) is 2.76. The first kappa shape index (κ1) is 13.5. The van der Waals surface area contributed by atoms with E-state index in [0.717, 1.165) is 13.0 Å². The van der Waals surface area contributed by atoms with Gasteiger partial charge in [-0.05, 0) is 48.6 Å². The average Bonchev–Trinajstić information content (AvgIpc) is 2.88. The molecule has 1 atom stereocenters. The lowest BCUT2D eigenvalue weighted by atomic mass is 9.99. The van der Waals surface area contributed by atoms with Crippen LogP contribution in [0.15, 0.2) is 29.6 Å². The number of anilines is 1. The number of carbonyl (C=O) groups is 1. The third-order valence-corrected chi connectivity index (χ3v) is 5.01. The van der Waals surface area contributed by atoms with Gasteiger partial charge in [-0.2, -0.15) is 0 Å². The molecule has 1 N–H and O–H groups in total. The standard InChI is InChI=1S/C15H14ClNO2S/c1-9-11-5-7-20-14(11)4-6-17(9)13-8-10(16)2-3-12(13)15(18)19/h2-3,5,7-9H,4,6H2,1H3,(H,18,19). The third-order valence-electron chi connectivity index (χ3n) is 3.78. The van der Waals surface area contributed by atoms with Crippen molar-refractivity contribution in [2.75, 3.05) is 11.4 Å². The zero-order valence-electron chi connectivity index (χ0n) is 11.0. The minimum absolute atomic E-state index is 0.168. The van der Waals surface area contributed by atoms with E-state index in [-0.39, 0.29) is 6.04 Å². The maximum Gasteiger partial charge on any atom is 0.337 e. The van der Waals surface area contributed by atoms with Crippen molar-refractivity contribution in [2.45, 2.75) is 19.4 Å². The van der Waals surface area contributed by atoms with Gasteiger partial charge in [-0.25, -0.2) is 4.79 Å². The first-order valence-electron chi connectivity index (χ1n) is 6.43. The fraction of sp³-hybridized carbons (Fsp3) is 0.267. The molecule has 1 aromatic heterocycles. The summed E-state index contributed by atoms with van der Waals surface area (Å²) in [6.07, 6.45) is 0.947. The molecular weight excluding hydrogens is 294 g/mol. The summed E-state index contributed by atoms with van der Waals surface area (Å²) in [6, 6.07) is 7.25. The Kier molecular flexibility index (Phi) is 3.44. The Morgan fingerprint density at radius 2 is 2.25 bits per heavy atom. The molecule has 5 heteroatoms. The van der Waals surface area contributed by atoms with E-state index < -0.39 is 5.97 Å². The molecule has 20 heavy (non-hydrogen) atoms. The molecule has 2 aromatic rings. The van der Waals surface area contributed by atoms with Crippen molar-refractivity contribution in [3.05, 3.63) is 50.7 Å². The Morgan fingerprint density at radius 1 is 1.45 bits per heavy atom. The van der Waals surface area contributed by atoms with Gasteiger partial charge < -0.3 is 10.0 Å². The molecule has 0 spiro atoms. The lowest BCUT2D eigenvalue weighted by Crippen LogP contribution is -2.34. The van der Waals surface area contributed by atoms with Crippen molar-refractivity contribution in [1.82, 2.24) is 0 Å². The second kappa shape index (κ2) is 5.11. The highest BCUT2D eigenvalue weighted by atomic mass is 35.5. The van der Waals surface area contributed by atoms with Gasteiger partial charge in [-0.15, -0.1) is 11.3 Å². The second-order valence-electron chi connectivity index (χ2n) is 4.89. The Bertz CT molecular complexity index is 668. The summed E-state index contributed by atoms with van der Waals surface area (Å²) in [5.74, 6) is -0.917. The van der Waals surface area contributed by atoms with Crippen LogP contribution in [-0.4, -0.2) is 17.6 Å². The zero-order valence-corrected chi connectivity index (χ0v) is 12.5. The van der Waals surface area contributed by atoms with Gasteiger partial charge in [0.25, 0.3) is 0 Å². The molecule has 1 aliphatic heterocycles. The molecule has 3 nitrogen and oxygen atoms in total. The number of carboxylic acids is 1. The molecule has 0 saturated heterocycles. The Labute approximate surface area is 126 Å². The molecule has 1 unspecified atom stereocenters. The molecular formula is C15H14ClNO2S. The normalized spacial score (nSPS) is 17.9. The largest absolute Gasteiger partial charge is 0.478 e. The number of carboxylic acid groups (broad SMARTS) is 1. The molecule has 2 heterocycles. The smallest absolute Gasteiger partial charge is 0.337 e. The highest BCUT2D eigenvalue weighted by Gasteiger charge is 2.27. The van der Waals surface area contributed by atoms with Gasteiger partial charge in [0.1, 0.15) is 0 Å². The summed E-state index contributed by atoms with van der Waals surface area (Å²) < 4.78 is 0. The maximum atomic E-state index is 11.4. The predicted molar refractivity (Wildman–Crippen MR) is 82.2 cm³/mol. The molecule has 0 amide bonds. The molecule has 0 bridgehead atoms. The molecule has 104 valence electrons. The summed E-state index contributed by atoms with van der Waals surface area (Å²) in [5.41, 5.74) is 2.30. The molecule has 0 fully saturated rings. The lowest BCUT2D eigenvalue weighted by molar-refractivity contribution is 0.0697. The Balaban J connectivity index is 2.06. The van der Waals surface area contributed by atoms with Gasteiger partial charge in [0.2, 0.25) is 0 Å². The van der Waals surface area contributed by atoms with Crippen LogP contribution in [-0.2, 0) is 6.42 Å². The number of aromatic carboxylic acids is 1. The SMILES string of the molecule is CC1c2ccsc2CCN1c1cc(Cl)ccc1C(=O)O. The highest BCUT2D eigenvalue weighted by molar-refractivity contribution is 7.10. The molecule has 0 radical (unpaired) electrons. The van der Waals surface area contributed by atoms with Crippen LogP contribution >= 0.6 is 22.9 Å². The molecule has 1 aliphatic rings. The number of rotatable bonds is 2. The van der Waals surface area contributed by atoms with E-state index >= 15 is 0 Å². The monoisotopic (exact) mass is 307 g/mol. The fourth-order valence-corrected chi connectivity index (χ4v) is 3.89. The number of hydrogen-bond acceptors (Lipinski definition) is 3. The highest BCUT2D eigenvalue weighted by Crippen LogP contribution is 2.38. The van der Waals surface area contributed by atoms with Crippen LogP contribution in [0.25, 0.3) is 0 Å². The van der Waals surface area contributed by atoms with E-state index in [1.807, 2.05) is 0 Å². The number of benzene rings is 1. The summed E-state index contributed by atoms with van der Waals surface area (Å²) >= 11 is 7.82. The van der Waals surface area contributed by atoms with E-state index in [0.29, 0.717) is 16.3 Å². The van der Waals surface area contributed by atoms with Crippen molar-refractivity contribution in [1.29, 1.82) is 0 Å². The number of fused-ring (bicyclic) bond motifs is 1. The lowest BCUT2D eigenvalue weighted by Gasteiger charge is -2.36. The van der Waals surface area contributed by atoms with Gasteiger partial charge in [0.05, 0.1) is 17.3 Å². The van der Waals surface area contributed by atoms with Crippen LogP contribution in [0.2, 0.25) is 5.02 Å². The van der Waals surface area contributed by atoms with Crippen molar-refractivity contribution >= 4 is 34.6 Å². The number of nitrogens with zero attached hydrogens (tertiary/aromatic N) is 1. The second-order valence-corrected chi connectivity index (χ2v) is 6.32. The minimum Gasteiger partial charge on any atom is -0.478 e. The van der Waals surface area contributed by atoms with Crippen molar-refractivity contribution in [3.63, 3.8) is 0 Å². The van der Waals surface area contributed by atoms with Crippen LogP contribution < -0.4 is 4.90 Å².